The molecule has 0 aliphatic rings. The molecule has 0 aromatic heterocycles. The molecule has 0 bridgehead atoms. The molecule has 9 aromatic rings. The number of hydrogen-bond acceptors (Lipinski definition) is 7. The van der Waals surface area contributed by atoms with Crippen LogP contribution >= 0.6 is 0 Å². The van der Waals surface area contributed by atoms with Gasteiger partial charge in [0.2, 0.25) is 0 Å². The van der Waals surface area contributed by atoms with E-state index in [9.17, 15) is 0 Å². The van der Waals surface area contributed by atoms with Gasteiger partial charge in [0.15, 0.2) is 0 Å². The van der Waals surface area contributed by atoms with Gasteiger partial charge in [-0.2, -0.15) is 0 Å². The lowest BCUT2D eigenvalue weighted by Gasteiger charge is -2.26. The minimum absolute atomic E-state index is 0.00852. The molecule has 0 N–H and O–H groups in total. The van der Waals surface area contributed by atoms with Crippen molar-refractivity contribution in [3.05, 3.63) is 256 Å². The summed E-state index contributed by atoms with van der Waals surface area (Å²) in [6, 6.07) is 70.0. The summed E-state index contributed by atoms with van der Waals surface area (Å²) in [5.41, 5.74) is 21.1. The molecule has 0 saturated carbocycles. The lowest BCUT2D eigenvalue weighted by molar-refractivity contribution is 0.407. The molecule has 518 valence electrons. The van der Waals surface area contributed by atoms with E-state index in [1.54, 1.807) is 39.5 Å². The first kappa shape index (κ1) is 67.6. The summed E-state index contributed by atoms with van der Waals surface area (Å²) < 4.78 is 77.8. The summed E-state index contributed by atoms with van der Waals surface area (Å²) in [6.07, 6.45) is 0. The van der Waals surface area contributed by atoms with Gasteiger partial charge in [-0.3, -0.25) is 0 Å². The molecule has 0 heterocycles. The van der Waals surface area contributed by atoms with Gasteiger partial charge in [-0.1, -0.05) is 261 Å². The predicted octanol–water partition coefficient (Wildman–Crippen LogP) is 24.0. The van der Waals surface area contributed by atoms with E-state index in [-0.39, 0.29) is 5.92 Å². The van der Waals surface area contributed by atoms with Crippen LogP contribution in [0, 0.1) is 13.8 Å². The van der Waals surface area contributed by atoms with Gasteiger partial charge in [-0.05, 0) is 159 Å². The van der Waals surface area contributed by atoms with E-state index >= 15 is 0 Å². The number of para-hydroxylation sites is 3. The summed E-state index contributed by atoms with van der Waals surface area (Å²) in [5, 5.41) is 0. The minimum Gasteiger partial charge on any atom is -0.496 e. The first-order valence-corrected chi connectivity index (χ1v) is 34.0. The molecule has 0 aliphatic carbocycles. The fourth-order valence-corrected chi connectivity index (χ4v) is 11.6. The Hall–Kier alpha value is -8.42. The standard InChI is InChI=1S/C17H20.C15H16.2C13H22N2.C11H17N.2C10H14O/c1-12(2)17-13(3)10-16(11-14(17)4)15-8-6-5-7-9-15;1-12(2)13-8-10-15(11-9-13)14-6-4-3-5-7-14;2*1-10(2)13-11(14(3)4)8-7-9-12(13)15(5)6;1-9(2)10-7-5-6-8-11(10)12(3)4;2*1-8(2)9-6-4-5-7-10(9)11-3/h5-12H,1-4H3;3-12H,1-2H3;2*7-10H,1-6H3;5-9H,1-4H3;2*4-8H,1-3H3/i;;3D3,5D3;;3D3;;. The van der Waals surface area contributed by atoms with Gasteiger partial charge in [0.05, 0.1) is 14.2 Å². The van der Waals surface area contributed by atoms with Crippen LogP contribution in [0.1, 0.15) is 201 Å². The second-order valence-electron chi connectivity index (χ2n) is 26.9. The second kappa shape index (κ2) is 41.5. The van der Waals surface area contributed by atoms with E-state index in [1.807, 2.05) is 80.6 Å². The van der Waals surface area contributed by atoms with Crippen molar-refractivity contribution in [2.45, 2.75) is 152 Å². The Kier molecular flexibility index (Phi) is 29.2. The highest BCUT2D eigenvalue weighted by atomic mass is 16.5. The van der Waals surface area contributed by atoms with Crippen LogP contribution in [-0.4, -0.2) is 84.5 Å². The van der Waals surface area contributed by atoms with Crippen LogP contribution in [0.2, 0.25) is 0 Å². The largest absolute Gasteiger partial charge is 0.496 e. The molecule has 0 spiro atoms. The minimum atomic E-state index is -2.28. The van der Waals surface area contributed by atoms with Crippen molar-refractivity contribution in [3.63, 3.8) is 0 Å². The van der Waals surface area contributed by atoms with Crippen molar-refractivity contribution in [2.24, 2.45) is 0 Å². The van der Waals surface area contributed by atoms with Crippen molar-refractivity contribution in [3.8, 4) is 33.8 Å². The van der Waals surface area contributed by atoms with Crippen LogP contribution in [0.4, 0.5) is 28.4 Å². The monoisotopic (exact) mass is 1310 g/mol. The lowest BCUT2D eigenvalue weighted by Crippen LogP contribution is -2.17. The van der Waals surface area contributed by atoms with Gasteiger partial charge < -0.3 is 34.0 Å². The summed E-state index contributed by atoms with van der Waals surface area (Å²) in [7, 11) is 16.4. The highest BCUT2D eigenvalue weighted by Gasteiger charge is 2.17. The fraction of sp³-hybridized carbons (Fsp3) is 0.393. The Labute approximate surface area is 598 Å². The Balaban J connectivity index is 0.000000321. The molecule has 0 unspecified atom stereocenters. The first-order chi connectivity index (χ1) is 49.0. The molecule has 7 heteroatoms. The third-order valence-corrected chi connectivity index (χ3v) is 16.4. The molecular weight excluding hydrogens is 1170 g/mol. The number of hydrogen-bond donors (Lipinski definition) is 0. The second-order valence-corrected chi connectivity index (χ2v) is 26.9. The maximum atomic E-state index is 7.55. The van der Waals surface area contributed by atoms with Gasteiger partial charge in [-0.15, -0.1) is 0 Å². The average molecular weight is 1310 g/mol. The fourth-order valence-electron chi connectivity index (χ4n) is 11.6. The number of benzene rings is 9. The van der Waals surface area contributed by atoms with Crippen molar-refractivity contribution in [1.29, 1.82) is 0 Å². The van der Waals surface area contributed by atoms with Crippen LogP contribution in [-0.2, 0) is 0 Å². The van der Waals surface area contributed by atoms with Crippen molar-refractivity contribution in [1.82, 2.24) is 0 Å². The molecule has 0 aliphatic heterocycles. The average Bonchev–Trinajstić information content (AvgIpc) is 0.781. The van der Waals surface area contributed by atoms with Crippen LogP contribution in [0.25, 0.3) is 22.3 Å². The number of anilines is 5. The van der Waals surface area contributed by atoms with Crippen LogP contribution in [0.15, 0.2) is 206 Å². The van der Waals surface area contributed by atoms with Crippen molar-refractivity contribution >= 4 is 28.4 Å². The topological polar surface area (TPSA) is 34.7 Å². The smallest absolute Gasteiger partial charge is 0.122 e. The third kappa shape index (κ3) is 25.6. The third-order valence-electron chi connectivity index (χ3n) is 16.4. The van der Waals surface area contributed by atoms with Crippen LogP contribution in [0.5, 0.6) is 11.5 Å². The highest BCUT2D eigenvalue weighted by Crippen LogP contribution is 2.37. The van der Waals surface area contributed by atoms with E-state index in [0.29, 0.717) is 46.9 Å². The zero-order chi connectivity index (χ0) is 79.4. The van der Waals surface area contributed by atoms with Gasteiger partial charge >= 0.3 is 0 Å². The zero-order valence-corrected chi connectivity index (χ0v) is 63.2. The maximum absolute atomic E-state index is 7.55. The quantitative estimate of drug-likeness (QED) is 0.0954. The normalized spacial score (nSPS) is 12.3. The van der Waals surface area contributed by atoms with Crippen LogP contribution in [0.3, 0.4) is 0 Å². The lowest BCUT2D eigenvalue weighted by atomic mass is 9.90. The van der Waals surface area contributed by atoms with Gasteiger partial charge in [0, 0.05) is 122 Å². The molecule has 0 saturated heterocycles. The zero-order valence-electron chi connectivity index (χ0n) is 72.2. The first-order valence-electron chi connectivity index (χ1n) is 38.5. The molecule has 7 nitrogen and oxygen atoms in total. The molecule has 96 heavy (non-hydrogen) atoms. The summed E-state index contributed by atoms with van der Waals surface area (Å²) in [4.78, 5) is 8.13. The SMILES string of the molecule is CC(C)c1c(N(C)C)cccc1N(C)C.CC(C)c1ccc(-c2ccccc2)cc1.COc1ccccc1C(C)C.COc1ccccc1C(C)C.Cc1cc(-c2ccccc2)cc(C)c1C(C)C.[2H]C([2H])([2H])N(C)c1cccc(N(C)C([2H])([2H])[2H])c1C(C)C.[2H]C([2H])([2H])N(C)c1ccccc1C(C)C. The summed E-state index contributed by atoms with van der Waals surface area (Å²) in [5.74, 6) is 5.11. The number of ether oxygens (including phenoxy) is 2. The Morgan fingerprint density at radius 2 is 0.562 bits per heavy atom. The predicted molar refractivity (Wildman–Crippen MR) is 429 cm³/mol. The molecule has 0 radical (unpaired) electrons. The van der Waals surface area contributed by atoms with Gasteiger partial charge in [0.1, 0.15) is 11.5 Å². The molecular formula is C89H125N5O2. The summed E-state index contributed by atoms with van der Waals surface area (Å²) in [6.45, 7) is 27.9. The van der Waals surface area contributed by atoms with Gasteiger partial charge in [0.25, 0.3) is 0 Å². The Morgan fingerprint density at radius 3 is 0.875 bits per heavy atom. The number of aryl methyl sites for hydroxylation is 2. The summed E-state index contributed by atoms with van der Waals surface area (Å²) >= 11 is 0. The number of rotatable bonds is 16. The maximum Gasteiger partial charge on any atom is 0.122 e. The van der Waals surface area contributed by atoms with E-state index in [4.69, 9.17) is 21.8 Å². The number of nitrogens with zero attached hydrogens (tertiary/aromatic N) is 5. The Morgan fingerprint density at radius 1 is 0.271 bits per heavy atom. The van der Waals surface area contributed by atoms with Crippen molar-refractivity contribution < 1.29 is 21.8 Å². The molecule has 9 rings (SSSR count). The molecule has 9 aromatic carbocycles. The molecule has 0 fully saturated rings. The highest BCUT2D eigenvalue weighted by molar-refractivity contribution is 5.70. The van der Waals surface area contributed by atoms with Gasteiger partial charge in [-0.25, -0.2) is 0 Å². The number of methoxy groups -OCH3 is 2. The molecule has 0 amide bonds. The van der Waals surface area contributed by atoms with E-state index in [0.717, 1.165) is 28.3 Å². The molecule has 0 atom stereocenters. The van der Waals surface area contributed by atoms with E-state index in [1.165, 1.54) is 101 Å². The Bertz CT molecular complexity index is 3840. The van der Waals surface area contributed by atoms with Crippen LogP contribution < -0.4 is 34.0 Å². The van der Waals surface area contributed by atoms with E-state index in [2.05, 4.69) is 256 Å². The van der Waals surface area contributed by atoms with Crippen molar-refractivity contribution in [2.75, 3.05) is 109 Å². The van der Waals surface area contributed by atoms with E-state index < -0.39 is 20.9 Å².